The second-order valence-corrected chi connectivity index (χ2v) is 10.2. The summed E-state index contributed by atoms with van der Waals surface area (Å²) in [5.74, 6) is 0.480. The van der Waals surface area contributed by atoms with Crippen LogP contribution >= 0.6 is 0 Å². The quantitative estimate of drug-likeness (QED) is 0.337. The Hall–Kier alpha value is -4.30. The molecule has 0 aromatic heterocycles. The number of carbonyl (C=O) groups is 1. The van der Waals surface area contributed by atoms with Gasteiger partial charge in [0.25, 0.3) is 15.9 Å². The lowest BCUT2D eigenvalue weighted by molar-refractivity contribution is 0.0943. The molecule has 4 rings (SSSR count). The van der Waals surface area contributed by atoms with Gasteiger partial charge in [0.2, 0.25) is 0 Å². The fraction of sp³-hybridized carbons (Fsp3) is 0.138. The predicted molar refractivity (Wildman–Crippen MR) is 144 cm³/mol. The Balaban J connectivity index is 1.55. The van der Waals surface area contributed by atoms with Crippen molar-refractivity contribution in [2.24, 2.45) is 0 Å². The Kier molecular flexibility index (Phi) is 7.79. The Bertz CT molecular complexity index is 1420. The number of carbonyl (C=O) groups excluding carboxylic acids is 1. The van der Waals surface area contributed by atoms with E-state index >= 15 is 0 Å². The van der Waals surface area contributed by atoms with Gasteiger partial charge in [0.15, 0.2) is 11.5 Å². The Labute approximate surface area is 217 Å². The standard InChI is InChI=1S/C29H28N2O5S/c1-31(37(33,34)25-18-19-26(35-2)27(20-25)36-3)24-16-14-23(15-17-24)29(32)30-28(21-10-6-4-7-11-21)22-12-8-5-9-13-22/h4-20,28H,1-3H3,(H,30,32). The zero-order valence-corrected chi connectivity index (χ0v) is 21.6. The molecule has 0 bridgehead atoms. The predicted octanol–water partition coefficient (Wildman–Crippen LogP) is 5.05. The third-order valence-corrected chi connectivity index (χ3v) is 7.83. The van der Waals surface area contributed by atoms with Gasteiger partial charge in [-0.25, -0.2) is 8.42 Å². The van der Waals surface area contributed by atoms with Crippen LogP contribution in [0.15, 0.2) is 108 Å². The van der Waals surface area contributed by atoms with Gasteiger partial charge in [-0.05, 0) is 47.5 Å². The first-order chi connectivity index (χ1) is 17.8. The third-order valence-electron chi connectivity index (χ3n) is 6.05. The van der Waals surface area contributed by atoms with E-state index in [1.807, 2.05) is 60.7 Å². The summed E-state index contributed by atoms with van der Waals surface area (Å²) in [6.07, 6.45) is 0. The first-order valence-corrected chi connectivity index (χ1v) is 13.0. The maximum Gasteiger partial charge on any atom is 0.264 e. The van der Waals surface area contributed by atoms with Crippen LogP contribution in [-0.4, -0.2) is 35.6 Å². The maximum atomic E-state index is 13.2. The van der Waals surface area contributed by atoms with Crippen LogP contribution in [0.25, 0.3) is 0 Å². The van der Waals surface area contributed by atoms with E-state index < -0.39 is 10.0 Å². The summed E-state index contributed by atoms with van der Waals surface area (Å²) in [5, 5.41) is 3.10. The number of nitrogens with zero attached hydrogens (tertiary/aromatic N) is 1. The minimum atomic E-state index is -3.88. The summed E-state index contributed by atoms with van der Waals surface area (Å²) in [7, 11) is 0.514. The van der Waals surface area contributed by atoms with Crippen molar-refractivity contribution in [3.8, 4) is 11.5 Å². The molecule has 7 nitrogen and oxygen atoms in total. The Morgan fingerprint density at radius 1 is 0.757 bits per heavy atom. The Morgan fingerprint density at radius 2 is 1.30 bits per heavy atom. The SMILES string of the molecule is COc1ccc(S(=O)(=O)N(C)c2ccc(C(=O)NC(c3ccccc3)c3ccccc3)cc2)cc1OC. The van der Waals surface area contributed by atoms with E-state index in [2.05, 4.69) is 5.32 Å². The highest BCUT2D eigenvalue weighted by Crippen LogP contribution is 2.32. The number of hydrogen-bond donors (Lipinski definition) is 1. The summed E-state index contributed by atoms with van der Waals surface area (Å²) >= 11 is 0. The van der Waals surface area contributed by atoms with Crippen molar-refractivity contribution >= 4 is 21.6 Å². The minimum absolute atomic E-state index is 0.0584. The molecule has 0 saturated heterocycles. The monoisotopic (exact) mass is 516 g/mol. The van der Waals surface area contributed by atoms with Gasteiger partial charge in [0, 0.05) is 18.7 Å². The molecule has 0 unspecified atom stereocenters. The molecule has 0 fully saturated rings. The van der Waals surface area contributed by atoms with Crippen molar-refractivity contribution in [1.82, 2.24) is 5.32 Å². The lowest BCUT2D eigenvalue weighted by Gasteiger charge is -2.21. The summed E-state index contributed by atoms with van der Waals surface area (Å²) < 4.78 is 38.1. The van der Waals surface area contributed by atoms with Gasteiger partial charge >= 0.3 is 0 Å². The molecule has 0 aliphatic rings. The molecular formula is C29H28N2O5S. The molecule has 37 heavy (non-hydrogen) atoms. The van der Waals surface area contributed by atoms with Gasteiger partial charge in [-0.15, -0.1) is 0 Å². The van der Waals surface area contributed by atoms with Crippen LogP contribution in [0, 0.1) is 0 Å². The highest BCUT2D eigenvalue weighted by atomic mass is 32.2. The van der Waals surface area contributed by atoms with Crippen molar-refractivity contribution in [2.75, 3.05) is 25.6 Å². The van der Waals surface area contributed by atoms with Crippen LogP contribution in [0.3, 0.4) is 0 Å². The molecule has 1 N–H and O–H groups in total. The molecule has 0 spiro atoms. The maximum absolute atomic E-state index is 13.2. The van der Waals surface area contributed by atoms with E-state index in [-0.39, 0.29) is 16.8 Å². The molecule has 8 heteroatoms. The first kappa shape index (κ1) is 25.8. The highest BCUT2D eigenvalue weighted by molar-refractivity contribution is 7.92. The summed E-state index contributed by atoms with van der Waals surface area (Å²) in [6.45, 7) is 0. The fourth-order valence-corrected chi connectivity index (χ4v) is 5.17. The van der Waals surface area contributed by atoms with Gasteiger partial charge < -0.3 is 14.8 Å². The van der Waals surface area contributed by atoms with Crippen molar-refractivity contribution < 1.29 is 22.7 Å². The van der Waals surface area contributed by atoms with Gasteiger partial charge in [0.1, 0.15) is 0 Å². The minimum Gasteiger partial charge on any atom is -0.493 e. The Morgan fingerprint density at radius 3 is 1.81 bits per heavy atom. The van der Waals surface area contributed by atoms with E-state index in [1.54, 1.807) is 30.3 Å². The van der Waals surface area contributed by atoms with Crippen molar-refractivity contribution in [3.05, 3.63) is 120 Å². The van der Waals surface area contributed by atoms with E-state index in [1.165, 1.54) is 33.4 Å². The first-order valence-electron chi connectivity index (χ1n) is 11.6. The van der Waals surface area contributed by atoms with Gasteiger partial charge in [0.05, 0.1) is 30.8 Å². The second kappa shape index (κ2) is 11.2. The van der Waals surface area contributed by atoms with Crippen LogP contribution in [0.1, 0.15) is 27.5 Å². The number of methoxy groups -OCH3 is 2. The number of sulfonamides is 1. The topological polar surface area (TPSA) is 84.9 Å². The normalized spacial score (nSPS) is 11.1. The average molecular weight is 517 g/mol. The van der Waals surface area contributed by atoms with Gasteiger partial charge in [-0.3, -0.25) is 9.10 Å². The number of hydrogen-bond acceptors (Lipinski definition) is 5. The van der Waals surface area contributed by atoms with Crippen LogP contribution in [0.5, 0.6) is 11.5 Å². The number of ether oxygens (including phenoxy) is 2. The van der Waals surface area contributed by atoms with E-state index in [0.29, 0.717) is 22.7 Å². The van der Waals surface area contributed by atoms with Crippen LogP contribution in [0.4, 0.5) is 5.69 Å². The van der Waals surface area contributed by atoms with Gasteiger partial charge in [-0.2, -0.15) is 0 Å². The third kappa shape index (κ3) is 5.59. The number of rotatable bonds is 9. The average Bonchev–Trinajstić information content (AvgIpc) is 2.95. The molecule has 4 aromatic carbocycles. The molecule has 0 heterocycles. The molecule has 0 aliphatic heterocycles. The zero-order valence-electron chi connectivity index (χ0n) is 20.8. The molecule has 0 radical (unpaired) electrons. The number of anilines is 1. The van der Waals surface area contributed by atoms with Crippen molar-refractivity contribution in [3.63, 3.8) is 0 Å². The number of benzene rings is 4. The van der Waals surface area contributed by atoms with E-state index in [9.17, 15) is 13.2 Å². The fourth-order valence-electron chi connectivity index (χ4n) is 3.96. The van der Waals surface area contributed by atoms with Crippen molar-refractivity contribution in [2.45, 2.75) is 10.9 Å². The molecule has 4 aromatic rings. The van der Waals surface area contributed by atoms with E-state index in [4.69, 9.17) is 9.47 Å². The largest absolute Gasteiger partial charge is 0.493 e. The van der Waals surface area contributed by atoms with Crippen LogP contribution in [-0.2, 0) is 10.0 Å². The number of nitrogens with one attached hydrogen (secondary N) is 1. The zero-order chi connectivity index (χ0) is 26.4. The molecular weight excluding hydrogens is 488 g/mol. The molecule has 0 saturated carbocycles. The number of amides is 1. The summed E-state index contributed by atoms with van der Waals surface area (Å²) in [5.41, 5.74) is 2.74. The van der Waals surface area contributed by atoms with Crippen LogP contribution < -0.4 is 19.1 Å². The second-order valence-electron chi connectivity index (χ2n) is 8.26. The molecule has 0 aliphatic carbocycles. The smallest absolute Gasteiger partial charge is 0.264 e. The summed E-state index contributed by atoms with van der Waals surface area (Å²) in [4.78, 5) is 13.2. The molecule has 190 valence electrons. The van der Waals surface area contributed by atoms with Crippen LogP contribution in [0.2, 0.25) is 0 Å². The van der Waals surface area contributed by atoms with Crippen molar-refractivity contribution in [1.29, 1.82) is 0 Å². The molecule has 0 atom stereocenters. The lowest BCUT2D eigenvalue weighted by Crippen LogP contribution is -2.29. The van der Waals surface area contributed by atoms with E-state index in [0.717, 1.165) is 15.4 Å². The lowest BCUT2D eigenvalue weighted by atomic mass is 9.98. The molecule has 1 amide bonds. The van der Waals surface area contributed by atoms with Gasteiger partial charge in [-0.1, -0.05) is 60.7 Å². The summed E-state index contributed by atoms with van der Waals surface area (Å²) in [6, 6.07) is 30.0. The highest BCUT2D eigenvalue weighted by Gasteiger charge is 2.24.